The summed E-state index contributed by atoms with van der Waals surface area (Å²) in [7, 11) is 1.86. The van der Waals surface area contributed by atoms with Gasteiger partial charge in [0.25, 0.3) is 0 Å². The lowest BCUT2D eigenvalue weighted by Gasteiger charge is -2.29. The Balaban J connectivity index is 0.00000288. The van der Waals surface area contributed by atoms with Crippen molar-refractivity contribution in [1.82, 2.24) is 15.5 Å². The van der Waals surface area contributed by atoms with Gasteiger partial charge < -0.3 is 15.4 Å². The number of hydrogen-bond donors (Lipinski definition) is 2. The fourth-order valence-electron chi connectivity index (χ4n) is 3.68. The molecule has 1 heterocycles. The first-order valence-corrected chi connectivity index (χ1v) is 9.52. The maximum Gasteiger partial charge on any atom is 0.190 e. The molecule has 1 atom stereocenters. The Bertz CT molecular complexity index is 342. The van der Waals surface area contributed by atoms with Crippen LogP contribution in [0.3, 0.4) is 0 Å². The van der Waals surface area contributed by atoms with Crippen LogP contribution in [0.25, 0.3) is 0 Å². The first-order chi connectivity index (χ1) is 11.3. The molecule has 1 saturated carbocycles. The van der Waals surface area contributed by atoms with Gasteiger partial charge in [0.15, 0.2) is 5.96 Å². The van der Waals surface area contributed by atoms with Crippen LogP contribution in [-0.2, 0) is 4.74 Å². The van der Waals surface area contributed by atoms with Crippen molar-refractivity contribution in [3.63, 3.8) is 0 Å². The van der Waals surface area contributed by atoms with Crippen molar-refractivity contribution < 1.29 is 4.74 Å². The molecule has 1 aliphatic heterocycles. The second-order valence-electron chi connectivity index (χ2n) is 7.19. The van der Waals surface area contributed by atoms with Gasteiger partial charge in [0.2, 0.25) is 0 Å². The van der Waals surface area contributed by atoms with Crippen LogP contribution in [0.2, 0.25) is 0 Å². The molecule has 0 spiro atoms. The largest absolute Gasteiger partial charge is 0.379 e. The Hall–Kier alpha value is -0.0800. The third-order valence-electron chi connectivity index (χ3n) is 5.07. The summed E-state index contributed by atoms with van der Waals surface area (Å²) >= 11 is 0. The summed E-state index contributed by atoms with van der Waals surface area (Å²) in [6.07, 6.45) is 8.43. The van der Waals surface area contributed by atoms with Crippen molar-refractivity contribution in [2.45, 2.75) is 45.4 Å². The minimum Gasteiger partial charge on any atom is -0.379 e. The number of nitrogens with one attached hydrogen (secondary N) is 2. The van der Waals surface area contributed by atoms with E-state index in [4.69, 9.17) is 4.74 Å². The molecule has 142 valence electrons. The van der Waals surface area contributed by atoms with Crippen molar-refractivity contribution in [1.29, 1.82) is 0 Å². The van der Waals surface area contributed by atoms with Crippen LogP contribution in [0.15, 0.2) is 4.99 Å². The number of halogens is 1. The van der Waals surface area contributed by atoms with Gasteiger partial charge in [-0.2, -0.15) is 0 Å². The first kappa shape index (κ1) is 22.0. The third kappa shape index (κ3) is 8.85. The molecular weight excluding hydrogens is 415 g/mol. The number of rotatable bonds is 8. The van der Waals surface area contributed by atoms with E-state index in [1.807, 2.05) is 7.05 Å². The lowest BCUT2D eigenvalue weighted by Crippen LogP contribution is -2.44. The zero-order valence-corrected chi connectivity index (χ0v) is 17.9. The fraction of sp³-hybridized carbons (Fsp3) is 0.944. The second kappa shape index (κ2) is 13.2. The van der Waals surface area contributed by atoms with Crippen molar-refractivity contribution >= 4 is 29.9 Å². The highest BCUT2D eigenvalue weighted by atomic mass is 127. The molecule has 24 heavy (non-hydrogen) atoms. The summed E-state index contributed by atoms with van der Waals surface area (Å²) in [5, 5.41) is 6.93. The maximum atomic E-state index is 5.40. The number of hydrogen-bond acceptors (Lipinski definition) is 3. The summed E-state index contributed by atoms with van der Waals surface area (Å²) < 4.78 is 5.40. The van der Waals surface area contributed by atoms with E-state index >= 15 is 0 Å². The highest BCUT2D eigenvalue weighted by Gasteiger charge is 2.15. The Morgan fingerprint density at radius 3 is 2.58 bits per heavy atom. The molecule has 2 aliphatic rings. The topological polar surface area (TPSA) is 48.9 Å². The van der Waals surface area contributed by atoms with Crippen LogP contribution in [0.1, 0.15) is 45.4 Å². The molecule has 0 aromatic carbocycles. The number of aliphatic imine (C=N–C) groups is 1. The number of guanidine groups is 1. The van der Waals surface area contributed by atoms with Gasteiger partial charge >= 0.3 is 0 Å². The van der Waals surface area contributed by atoms with Crippen LogP contribution in [0.5, 0.6) is 0 Å². The van der Waals surface area contributed by atoms with E-state index in [0.717, 1.165) is 57.8 Å². The standard InChI is InChI=1S/C18H36N4O.HI/c1-16(15-22-10-12-23-13-11-22)14-21-18(19-2)20-9-5-8-17-6-3-4-7-17;/h16-17H,3-15H2,1-2H3,(H2,19,20,21);1H. The van der Waals surface area contributed by atoms with Crippen LogP contribution in [0.4, 0.5) is 0 Å². The van der Waals surface area contributed by atoms with Gasteiger partial charge in [-0.15, -0.1) is 24.0 Å². The van der Waals surface area contributed by atoms with Gasteiger partial charge in [-0.3, -0.25) is 9.89 Å². The fourth-order valence-corrected chi connectivity index (χ4v) is 3.68. The Morgan fingerprint density at radius 2 is 1.92 bits per heavy atom. The van der Waals surface area contributed by atoms with Gasteiger partial charge in [0.1, 0.15) is 0 Å². The van der Waals surface area contributed by atoms with E-state index in [9.17, 15) is 0 Å². The molecular formula is C18H37IN4O. The minimum atomic E-state index is 0. The first-order valence-electron chi connectivity index (χ1n) is 9.52. The zero-order valence-electron chi connectivity index (χ0n) is 15.6. The van der Waals surface area contributed by atoms with Crippen LogP contribution >= 0.6 is 24.0 Å². The molecule has 5 nitrogen and oxygen atoms in total. The molecule has 6 heteroatoms. The minimum absolute atomic E-state index is 0. The molecule has 0 radical (unpaired) electrons. The second-order valence-corrected chi connectivity index (χ2v) is 7.19. The van der Waals surface area contributed by atoms with Crippen LogP contribution < -0.4 is 10.6 Å². The maximum absolute atomic E-state index is 5.40. The molecule has 0 aromatic rings. The van der Waals surface area contributed by atoms with E-state index in [1.54, 1.807) is 0 Å². The molecule has 0 aromatic heterocycles. The van der Waals surface area contributed by atoms with Gasteiger partial charge in [0, 0.05) is 39.8 Å². The van der Waals surface area contributed by atoms with Crippen LogP contribution in [0, 0.1) is 11.8 Å². The lowest BCUT2D eigenvalue weighted by molar-refractivity contribution is 0.0320. The monoisotopic (exact) mass is 452 g/mol. The average Bonchev–Trinajstić information content (AvgIpc) is 3.08. The highest BCUT2D eigenvalue weighted by Crippen LogP contribution is 2.28. The van der Waals surface area contributed by atoms with E-state index < -0.39 is 0 Å². The van der Waals surface area contributed by atoms with Crippen molar-refractivity contribution in [3.8, 4) is 0 Å². The predicted molar refractivity (Wildman–Crippen MR) is 112 cm³/mol. The van der Waals surface area contributed by atoms with E-state index in [0.29, 0.717) is 5.92 Å². The molecule has 0 bridgehead atoms. The Morgan fingerprint density at radius 1 is 1.21 bits per heavy atom. The van der Waals surface area contributed by atoms with Gasteiger partial charge in [-0.05, 0) is 24.7 Å². The van der Waals surface area contributed by atoms with Crippen molar-refractivity contribution in [3.05, 3.63) is 0 Å². The number of nitrogens with zero attached hydrogens (tertiary/aromatic N) is 2. The number of morpholine rings is 1. The van der Waals surface area contributed by atoms with E-state index in [1.165, 1.54) is 38.5 Å². The molecule has 2 N–H and O–H groups in total. The average molecular weight is 452 g/mol. The van der Waals surface area contributed by atoms with Crippen molar-refractivity contribution in [2.75, 3.05) is 53.0 Å². The van der Waals surface area contributed by atoms with Gasteiger partial charge in [-0.25, -0.2) is 0 Å². The molecule has 1 aliphatic carbocycles. The summed E-state index contributed by atoms with van der Waals surface area (Å²) in [6, 6.07) is 0. The molecule has 2 rings (SSSR count). The van der Waals surface area contributed by atoms with Crippen LogP contribution in [-0.4, -0.2) is 63.8 Å². The normalized spacial score (nSPS) is 21.3. The number of ether oxygens (including phenoxy) is 1. The Kier molecular flexibility index (Phi) is 12.0. The summed E-state index contributed by atoms with van der Waals surface area (Å²) in [5.74, 6) is 2.55. The zero-order chi connectivity index (χ0) is 16.3. The predicted octanol–water partition coefficient (Wildman–Crippen LogP) is 2.71. The molecule has 2 fully saturated rings. The van der Waals surface area contributed by atoms with Crippen molar-refractivity contribution in [2.24, 2.45) is 16.8 Å². The third-order valence-corrected chi connectivity index (χ3v) is 5.07. The van der Waals surface area contributed by atoms with Gasteiger partial charge in [0.05, 0.1) is 13.2 Å². The van der Waals surface area contributed by atoms with E-state index in [2.05, 4.69) is 27.4 Å². The van der Waals surface area contributed by atoms with Gasteiger partial charge in [-0.1, -0.05) is 32.6 Å². The summed E-state index contributed by atoms with van der Waals surface area (Å²) in [6.45, 7) is 9.34. The highest BCUT2D eigenvalue weighted by molar-refractivity contribution is 14.0. The molecule has 1 saturated heterocycles. The SMILES string of the molecule is CN=C(NCCCC1CCCC1)NCC(C)CN1CCOCC1.I. The molecule has 0 amide bonds. The molecule has 1 unspecified atom stereocenters. The van der Waals surface area contributed by atoms with E-state index in [-0.39, 0.29) is 24.0 Å². The Labute approximate surface area is 165 Å². The summed E-state index contributed by atoms with van der Waals surface area (Å²) in [4.78, 5) is 6.83. The lowest BCUT2D eigenvalue weighted by atomic mass is 10.0. The quantitative estimate of drug-likeness (QED) is 0.257. The smallest absolute Gasteiger partial charge is 0.190 e. The summed E-state index contributed by atoms with van der Waals surface area (Å²) in [5.41, 5.74) is 0.